The van der Waals surface area contributed by atoms with Gasteiger partial charge in [0.1, 0.15) is 19.3 Å². The zero-order valence-electron chi connectivity index (χ0n) is 56.5. The molecule has 17 nitrogen and oxygen atoms in total. The van der Waals surface area contributed by atoms with Crippen molar-refractivity contribution < 1.29 is 80.2 Å². The minimum Gasteiger partial charge on any atom is -0.462 e. The van der Waals surface area contributed by atoms with Gasteiger partial charge in [-0.25, -0.2) is 9.13 Å². The van der Waals surface area contributed by atoms with Gasteiger partial charge in [0.25, 0.3) is 0 Å². The van der Waals surface area contributed by atoms with Gasteiger partial charge in [-0.15, -0.1) is 0 Å². The number of aliphatic hydroxyl groups is 1. The van der Waals surface area contributed by atoms with Gasteiger partial charge in [-0.3, -0.25) is 37.3 Å². The van der Waals surface area contributed by atoms with Crippen LogP contribution >= 0.6 is 15.6 Å². The SMILES string of the molecule is CCCCCC/C=C\C=C/CCCCCCCC(=O)O[C@H](COC(=O)CCCCCCCCCCCC(C)C)COP(=O)(O)OC[C@@H](O)COP(=O)(O)OC[C@@H](COC(=O)CCCCCCCCC(C)C)OC(=O)CCCCCCCCCCCCCC. The van der Waals surface area contributed by atoms with Crippen molar-refractivity contribution in [2.45, 2.75) is 342 Å². The first-order chi connectivity index (χ1) is 42.4. The molecule has 88 heavy (non-hydrogen) atoms. The standard InChI is InChI=1S/C69H130O17P2/c1-7-9-11-13-15-17-19-21-22-23-25-29-34-42-48-54-69(74)85-64(57-79-66(71)51-45-39-32-30-26-27-31-37-43-49-61(3)4)59-83-87(75,76)81-55-63(70)56-82-88(77,78)84-60-65(58-80-67(72)52-46-40-36-35-38-44-50-62(5)6)86-68(73)53-47-41-33-28-24-20-18-16-14-12-10-8-2/h17,19,21-22,61-65,70H,7-16,18,20,23-60H2,1-6H3,(H,75,76)(H,77,78)/b19-17-,22-21-/t63-,64-,65-/m1/s1. The second-order valence-corrected chi connectivity index (χ2v) is 28.1. The molecular formula is C69H130O17P2. The molecule has 2 unspecified atom stereocenters. The molecule has 518 valence electrons. The molecule has 0 heterocycles. The van der Waals surface area contributed by atoms with E-state index in [1.54, 1.807) is 0 Å². The quantitative estimate of drug-likeness (QED) is 0.0169. The van der Waals surface area contributed by atoms with E-state index in [9.17, 15) is 43.2 Å². The normalized spacial score (nSPS) is 14.4. The summed E-state index contributed by atoms with van der Waals surface area (Å²) in [5, 5.41) is 10.6. The van der Waals surface area contributed by atoms with E-state index in [2.05, 4.69) is 65.8 Å². The number of rotatable bonds is 66. The molecule has 0 aliphatic rings. The Morgan fingerprint density at radius 2 is 0.614 bits per heavy atom. The van der Waals surface area contributed by atoms with Crippen molar-refractivity contribution in [1.29, 1.82) is 0 Å². The molecule has 19 heteroatoms. The van der Waals surface area contributed by atoms with Crippen molar-refractivity contribution in [3.63, 3.8) is 0 Å². The molecule has 0 radical (unpaired) electrons. The Bertz CT molecular complexity index is 1810. The number of ether oxygens (including phenoxy) is 4. The van der Waals surface area contributed by atoms with Gasteiger partial charge in [0.15, 0.2) is 12.2 Å². The van der Waals surface area contributed by atoms with Gasteiger partial charge in [-0.2, -0.15) is 0 Å². The van der Waals surface area contributed by atoms with Crippen LogP contribution in [0.15, 0.2) is 24.3 Å². The monoisotopic (exact) mass is 1290 g/mol. The van der Waals surface area contributed by atoms with Gasteiger partial charge >= 0.3 is 39.5 Å². The minimum atomic E-state index is -4.96. The molecule has 0 aromatic rings. The highest BCUT2D eigenvalue weighted by Crippen LogP contribution is 2.45. The van der Waals surface area contributed by atoms with Crippen LogP contribution in [-0.2, 0) is 65.4 Å². The van der Waals surface area contributed by atoms with E-state index in [0.717, 1.165) is 115 Å². The summed E-state index contributed by atoms with van der Waals surface area (Å²) in [6, 6.07) is 0. The molecule has 0 spiro atoms. The van der Waals surface area contributed by atoms with Crippen LogP contribution < -0.4 is 0 Å². The summed E-state index contributed by atoms with van der Waals surface area (Å²) < 4.78 is 68.1. The third-order valence-corrected chi connectivity index (χ3v) is 17.2. The van der Waals surface area contributed by atoms with Gasteiger partial charge in [0, 0.05) is 25.7 Å². The maximum atomic E-state index is 13.0. The maximum absolute atomic E-state index is 13.0. The molecule has 0 saturated carbocycles. The Kier molecular flexibility index (Phi) is 59.1. The van der Waals surface area contributed by atoms with Crippen LogP contribution in [0.2, 0.25) is 0 Å². The van der Waals surface area contributed by atoms with Crippen molar-refractivity contribution in [3.05, 3.63) is 24.3 Å². The summed E-state index contributed by atoms with van der Waals surface area (Å²) in [7, 11) is -9.91. The topological polar surface area (TPSA) is 237 Å². The lowest BCUT2D eigenvalue weighted by molar-refractivity contribution is -0.161. The van der Waals surface area contributed by atoms with E-state index < -0.39 is 97.5 Å². The summed E-state index contributed by atoms with van der Waals surface area (Å²) >= 11 is 0. The van der Waals surface area contributed by atoms with Gasteiger partial charge in [-0.1, -0.05) is 271 Å². The molecule has 0 saturated heterocycles. The number of allylic oxidation sites excluding steroid dienone is 4. The fourth-order valence-corrected chi connectivity index (χ4v) is 11.5. The Hall–Kier alpha value is -2.46. The van der Waals surface area contributed by atoms with Gasteiger partial charge in [0.05, 0.1) is 26.4 Å². The molecule has 0 aromatic heterocycles. The van der Waals surface area contributed by atoms with E-state index in [1.165, 1.54) is 122 Å². The second kappa shape index (κ2) is 60.8. The second-order valence-electron chi connectivity index (χ2n) is 25.2. The number of carbonyl (C=O) groups is 4. The summed E-state index contributed by atoms with van der Waals surface area (Å²) in [6.45, 7) is 9.36. The number of phosphoric acid groups is 2. The number of carbonyl (C=O) groups excluding carboxylic acids is 4. The fraction of sp³-hybridized carbons (Fsp3) is 0.884. The van der Waals surface area contributed by atoms with Crippen LogP contribution in [0.3, 0.4) is 0 Å². The van der Waals surface area contributed by atoms with E-state index in [-0.39, 0.29) is 25.7 Å². The number of hydrogen-bond donors (Lipinski definition) is 3. The van der Waals surface area contributed by atoms with Crippen molar-refractivity contribution in [1.82, 2.24) is 0 Å². The Morgan fingerprint density at radius 3 is 0.932 bits per heavy atom. The molecule has 3 N–H and O–H groups in total. The van der Waals surface area contributed by atoms with Gasteiger partial charge < -0.3 is 33.8 Å². The lowest BCUT2D eigenvalue weighted by Gasteiger charge is -2.21. The Balaban J connectivity index is 5.28. The largest absolute Gasteiger partial charge is 0.472 e. The summed E-state index contributed by atoms with van der Waals surface area (Å²) in [5.74, 6) is -0.739. The third-order valence-electron chi connectivity index (χ3n) is 15.3. The molecule has 0 aliphatic heterocycles. The van der Waals surface area contributed by atoms with Crippen LogP contribution in [0.1, 0.15) is 324 Å². The number of unbranched alkanes of at least 4 members (excludes halogenated alkanes) is 33. The fourth-order valence-electron chi connectivity index (χ4n) is 9.87. The van der Waals surface area contributed by atoms with Crippen molar-refractivity contribution >= 4 is 39.5 Å². The van der Waals surface area contributed by atoms with Crippen LogP contribution in [-0.4, -0.2) is 96.7 Å². The number of hydrogen-bond acceptors (Lipinski definition) is 15. The Morgan fingerprint density at radius 1 is 0.352 bits per heavy atom. The van der Waals surface area contributed by atoms with Crippen LogP contribution in [0.5, 0.6) is 0 Å². The van der Waals surface area contributed by atoms with E-state index in [4.69, 9.17) is 37.0 Å². The molecule has 0 rings (SSSR count). The third kappa shape index (κ3) is 62.4. The van der Waals surface area contributed by atoms with Crippen LogP contribution in [0.4, 0.5) is 0 Å². The number of esters is 4. The molecule has 0 aliphatic carbocycles. The van der Waals surface area contributed by atoms with Crippen molar-refractivity contribution in [3.8, 4) is 0 Å². The highest BCUT2D eigenvalue weighted by atomic mass is 31.2. The first kappa shape index (κ1) is 85.5. The first-order valence-corrected chi connectivity index (χ1v) is 38.3. The highest BCUT2D eigenvalue weighted by Gasteiger charge is 2.30. The first-order valence-electron chi connectivity index (χ1n) is 35.3. The Labute approximate surface area is 535 Å². The maximum Gasteiger partial charge on any atom is 0.472 e. The average Bonchev–Trinajstić information content (AvgIpc) is 3.70. The van der Waals surface area contributed by atoms with Crippen LogP contribution in [0, 0.1) is 11.8 Å². The van der Waals surface area contributed by atoms with E-state index in [0.29, 0.717) is 31.6 Å². The predicted octanol–water partition coefficient (Wildman–Crippen LogP) is 19.2. The lowest BCUT2D eigenvalue weighted by Crippen LogP contribution is -2.30. The minimum absolute atomic E-state index is 0.0844. The van der Waals surface area contributed by atoms with Crippen LogP contribution in [0.25, 0.3) is 0 Å². The average molecular weight is 1290 g/mol. The van der Waals surface area contributed by atoms with Crippen molar-refractivity contribution in [2.75, 3.05) is 39.6 Å². The zero-order chi connectivity index (χ0) is 65.0. The van der Waals surface area contributed by atoms with Gasteiger partial charge in [0.2, 0.25) is 0 Å². The lowest BCUT2D eigenvalue weighted by atomic mass is 10.0. The molecule has 0 fully saturated rings. The smallest absolute Gasteiger partial charge is 0.462 e. The van der Waals surface area contributed by atoms with Gasteiger partial charge in [-0.05, 0) is 63.2 Å². The highest BCUT2D eigenvalue weighted by molar-refractivity contribution is 7.47. The number of aliphatic hydroxyl groups excluding tert-OH is 1. The summed E-state index contributed by atoms with van der Waals surface area (Å²) in [6.07, 6.45) is 48.1. The molecular weight excluding hydrogens is 1160 g/mol. The summed E-state index contributed by atoms with van der Waals surface area (Å²) in [4.78, 5) is 72.4. The predicted molar refractivity (Wildman–Crippen MR) is 354 cm³/mol. The number of phosphoric ester groups is 2. The van der Waals surface area contributed by atoms with E-state index in [1.807, 2.05) is 0 Å². The molecule has 0 aromatic carbocycles. The molecule has 0 bridgehead atoms. The zero-order valence-corrected chi connectivity index (χ0v) is 58.3. The van der Waals surface area contributed by atoms with Crippen molar-refractivity contribution in [2.24, 2.45) is 11.8 Å². The molecule has 0 amide bonds. The molecule has 5 atom stereocenters. The summed E-state index contributed by atoms with van der Waals surface area (Å²) in [5.41, 5.74) is 0. The van der Waals surface area contributed by atoms with E-state index >= 15 is 0 Å².